The van der Waals surface area contributed by atoms with Crippen molar-refractivity contribution in [2.24, 2.45) is 45.3 Å². The molecule has 6 rings (SSSR count). The van der Waals surface area contributed by atoms with Crippen molar-refractivity contribution in [1.29, 1.82) is 0 Å². The summed E-state index contributed by atoms with van der Waals surface area (Å²) >= 11 is 0. The van der Waals surface area contributed by atoms with E-state index in [4.69, 9.17) is 4.74 Å². The minimum Gasteiger partial charge on any atom is -0.393 e. The first-order valence-electron chi connectivity index (χ1n) is 13.9. The second-order valence-corrected chi connectivity index (χ2v) is 14.2. The molecule has 0 aromatic carbocycles. The maximum Gasteiger partial charge on any atom is 0.170 e. The molecule has 0 aromatic heterocycles. The SMILES string of the molecule is C=C(C)C(O)C(O)/C=C(\C)[C@H]1CC[C@]2(C)[C@@H]1C[C@@H](O)[C@@H]1[C@]34CC[C@](O)(OC3)C(C)(C)[C@@H]4CC[C@]12C. The second-order valence-electron chi connectivity index (χ2n) is 14.2. The number of allylic oxidation sites excluding steroid dienone is 1. The Balaban J connectivity index is 1.49. The maximum atomic E-state index is 11.9. The zero-order valence-corrected chi connectivity index (χ0v) is 22.7. The van der Waals surface area contributed by atoms with E-state index >= 15 is 0 Å². The smallest absolute Gasteiger partial charge is 0.170 e. The predicted molar refractivity (Wildman–Crippen MR) is 136 cm³/mol. The Hall–Kier alpha value is -0.720. The van der Waals surface area contributed by atoms with Crippen LogP contribution < -0.4 is 0 Å². The number of hydrogen-bond donors (Lipinski definition) is 4. The van der Waals surface area contributed by atoms with Crippen LogP contribution in [0.3, 0.4) is 0 Å². The summed E-state index contributed by atoms with van der Waals surface area (Å²) in [6.45, 7) is 17.4. The van der Waals surface area contributed by atoms with Crippen LogP contribution in [0.5, 0.6) is 0 Å². The molecule has 11 atom stereocenters. The number of aliphatic hydroxyl groups excluding tert-OH is 3. The summed E-state index contributed by atoms with van der Waals surface area (Å²) in [6, 6.07) is 0. The molecule has 2 heterocycles. The Morgan fingerprint density at radius 3 is 2.26 bits per heavy atom. The van der Waals surface area contributed by atoms with Crippen LogP contribution in [0.1, 0.15) is 86.5 Å². The van der Waals surface area contributed by atoms with Crippen LogP contribution in [-0.4, -0.2) is 51.1 Å². The van der Waals surface area contributed by atoms with Crippen LogP contribution >= 0.6 is 0 Å². The molecule has 1 spiro atoms. The lowest BCUT2D eigenvalue weighted by molar-refractivity contribution is -0.404. The highest BCUT2D eigenvalue weighted by Crippen LogP contribution is 2.77. The molecular formula is C30H48O5. The summed E-state index contributed by atoms with van der Waals surface area (Å²) in [4.78, 5) is 0. The van der Waals surface area contributed by atoms with Crippen LogP contribution in [0.25, 0.3) is 0 Å². The second kappa shape index (κ2) is 7.89. The monoisotopic (exact) mass is 488 g/mol. The molecule has 4 aliphatic carbocycles. The Labute approximate surface area is 211 Å². The van der Waals surface area contributed by atoms with Gasteiger partial charge in [-0.05, 0) is 92.4 Å². The molecule has 35 heavy (non-hydrogen) atoms. The molecule has 5 nitrogen and oxygen atoms in total. The van der Waals surface area contributed by atoms with E-state index in [0.717, 1.165) is 44.1 Å². The molecule has 5 heteroatoms. The summed E-state index contributed by atoms with van der Waals surface area (Å²) in [5.74, 6) is 0.112. The summed E-state index contributed by atoms with van der Waals surface area (Å²) in [5, 5.41) is 44.1. The van der Waals surface area contributed by atoms with Gasteiger partial charge < -0.3 is 25.2 Å². The third-order valence-corrected chi connectivity index (χ3v) is 12.6. The molecule has 2 bridgehead atoms. The van der Waals surface area contributed by atoms with Crippen molar-refractivity contribution in [1.82, 2.24) is 0 Å². The largest absolute Gasteiger partial charge is 0.393 e. The van der Waals surface area contributed by atoms with E-state index in [-0.39, 0.29) is 27.6 Å². The van der Waals surface area contributed by atoms with Gasteiger partial charge >= 0.3 is 0 Å². The van der Waals surface area contributed by atoms with Crippen LogP contribution in [-0.2, 0) is 4.74 Å². The van der Waals surface area contributed by atoms with E-state index in [1.54, 1.807) is 6.92 Å². The molecule has 0 aromatic rings. The Morgan fingerprint density at radius 2 is 1.66 bits per heavy atom. The van der Waals surface area contributed by atoms with Crippen molar-refractivity contribution >= 4 is 0 Å². The Morgan fingerprint density at radius 1 is 1.00 bits per heavy atom. The lowest BCUT2D eigenvalue weighted by Gasteiger charge is -2.74. The fourth-order valence-corrected chi connectivity index (χ4v) is 10.5. The highest BCUT2D eigenvalue weighted by Gasteiger charge is 2.75. The molecule has 2 aliphatic heterocycles. The van der Waals surface area contributed by atoms with Gasteiger partial charge in [0.1, 0.15) is 12.2 Å². The van der Waals surface area contributed by atoms with Gasteiger partial charge in [-0.2, -0.15) is 0 Å². The van der Waals surface area contributed by atoms with Crippen molar-refractivity contribution in [2.75, 3.05) is 6.61 Å². The molecule has 6 aliphatic rings. The van der Waals surface area contributed by atoms with E-state index in [1.807, 2.05) is 6.08 Å². The molecule has 6 fully saturated rings. The van der Waals surface area contributed by atoms with Crippen LogP contribution in [0, 0.1) is 45.3 Å². The van der Waals surface area contributed by atoms with Crippen molar-refractivity contribution in [3.8, 4) is 0 Å². The predicted octanol–water partition coefficient (Wildman–Crippen LogP) is 4.59. The van der Waals surface area contributed by atoms with Gasteiger partial charge in [0, 0.05) is 17.3 Å². The van der Waals surface area contributed by atoms with Gasteiger partial charge in [-0.1, -0.05) is 45.9 Å². The summed E-state index contributed by atoms with van der Waals surface area (Å²) in [7, 11) is 0. The standard InChI is InChI=1S/C30H48O5/c1-17(2)24(33)21(31)14-18(3)19-8-10-27(6)20(19)15-22(32)25-28(27,7)11-9-23-26(4,5)30(34)13-12-29(23,25)16-35-30/h14,19-25,31-34H,1,8-13,15-16H2,2-7H3/b18-14+/t19-,20-,21?,22-,23+,24?,25+,27-,28-,29-,30+/m1/s1. The van der Waals surface area contributed by atoms with Crippen LogP contribution in [0.15, 0.2) is 23.8 Å². The summed E-state index contributed by atoms with van der Waals surface area (Å²) in [6.07, 6.45) is 6.18. The maximum absolute atomic E-state index is 11.9. The van der Waals surface area contributed by atoms with Gasteiger partial charge in [0.05, 0.1) is 12.7 Å². The molecule has 4 saturated carbocycles. The molecule has 198 valence electrons. The van der Waals surface area contributed by atoms with Gasteiger partial charge in [-0.3, -0.25) is 0 Å². The normalized spacial score (nSPS) is 52.3. The average molecular weight is 489 g/mol. The van der Waals surface area contributed by atoms with Gasteiger partial charge in [0.15, 0.2) is 5.79 Å². The molecule has 0 radical (unpaired) electrons. The van der Waals surface area contributed by atoms with Crippen molar-refractivity contribution in [3.05, 3.63) is 23.8 Å². The zero-order chi connectivity index (χ0) is 25.8. The zero-order valence-electron chi connectivity index (χ0n) is 22.7. The number of hydrogen-bond acceptors (Lipinski definition) is 5. The van der Waals surface area contributed by atoms with E-state index < -0.39 is 24.1 Å². The minimum absolute atomic E-state index is 0.0110. The van der Waals surface area contributed by atoms with Crippen molar-refractivity contribution in [2.45, 2.75) is 111 Å². The molecule has 4 N–H and O–H groups in total. The van der Waals surface area contributed by atoms with Crippen molar-refractivity contribution < 1.29 is 25.2 Å². The number of ether oxygens (including phenoxy) is 1. The number of aliphatic hydroxyl groups is 4. The quantitative estimate of drug-likeness (QED) is 0.435. The van der Waals surface area contributed by atoms with E-state index in [1.165, 1.54) is 0 Å². The summed E-state index contributed by atoms with van der Waals surface area (Å²) in [5.41, 5.74) is 1.36. The first kappa shape index (κ1) is 25.9. The van der Waals surface area contributed by atoms with Gasteiger partial charge in [0.2, 0.25) is 0 Å². The topological polar surface area (TPSA) is 90.2 Å². The lowest BCUT2D eigenvalue weighted by Crippen LogP contribution is -2.75. The summed E-state index contributed by atoms with van der Waals surface area (Å²) < 4.78 is 6.25. The van der Waals surface area contributed by atoms with E-state index in [0.29, 0.717) is 36.4 Å². The molecule has 0 amide bonds. The highest BCUT2D eigenvalue weighted by atomic mass is 16.6. The third kappa shape index (κ3) is 3.17. The third-order valence-electron chi connectivity index (χ3n) is 12.6. The molecule has 2 unspecified atom stereocenters. The average Bonchev–Trinajstić information content (AvgIpc) is 3.12. The molecular weight excluding hydrogens is 440 g/mol. The fraction of sp³-hybridized carbons (Fsp3) is 0.867. The fourth-order valence-electron chi connectivity index (χ4n) is 10.5. The van der Waals surface area contributed by atoms with E-state index in [2.05, 4.69) is 41.2 Å². The minimum atomic E-state index is -1.05. The van der Waals surface area contributed by atoms with Gasteiger partial charge in [0.25, 0.3) is 0 Å². The van der Waals surface area contributed by atoms with Crippen LogP contribution in [0.2, 0.25) is 0 Å². The Kier molecular flexibility index (Phi) is 5.84. The number of rotatable bonds is 4. The highest BCUT2D eigenvalue weighted by molar-refractivity contribution is 5.25. The lowest BCUT2D eigenvalue weighted by atomic mass is 9.33. The van der Waals surface area contributed by atoms with Crippen LogP contribution in [0.4, 0.5) is 0 Å². The first-order valence-corrected chi connectivity index (χ1v) is 13.9. The van der Waals surface area contributed by atoms with Gasteiger partial charge in [-0.25, -0.2) is 0 Å². The molecule has 2 saturated heterocycles. The first-order chi connectivity index (χ1) is 16.1. The van der Waals surface area contributed by atoms with Gasteiger partial charge in [-0.15, -0.1) is 0 Å². The Bertz CT molecular complexity index is 914. The van der Waals surface area contributed by atoms with E-state index in [9.17, 15) is 20.4 Å². The van der Waals surface area contributed by atoms with Crippen molar-refractivity contribution in [3.63, 3.8) is 0 Å². The number of fused-ring (bicyclic) bond motifs is 5.